The Morgan fingerprint density at radius 3 is 2.41 bits per heavy atom. The van der Waals surface area contributed by atoms with E-state index in [-0.39, 0.29) is 24.0 Å². The number of carbonyl (C=O) groups is 2. The summed E-state index contributed by atoms with van der Waals surface area (Å²) in [7, 11) is 0. The Balaban J connectivity index is 1.69. The molecule has 0 bridgehead atoms. The second-order valence-corrected chi connectivity index (χ2v) is 8.39. The van der Waals surface area contributed by atoms with Crippen molar-refractivity contribution in [1.29, 1.82) is 0 Å². The number of imidazole rings is 1. The van der Waals surface area contributed by atoms with Gasteiger partial charge in [0.05, 0.1) is 24.0 Å². The zero-order valence-electron chi connectivity index (χ0n) is 19.0. The summed E-state index contributed by atoms with van der Waals surface area (Å²) < 4.78 is 21.1. The van der Waals surface area contributed by atoms with E-state index in [1.807, 2.05) is 24.6 Å². The molecule has 1 atom stereocenters. The Hall–Kier alpha value is -3.94. The van der Waals surface area contributed by atoms with Crippen LogP contribution in [0.5, 0.6) is 5.75 Å². The highest BCUT2D eigenvalue weighted by molar-refractivity contribution is 6.46. The number of rotatable bonds is 8. The van der Waals surface area contributed by atoms with E-state index in [0.717, 1.165) is 0 Å². The van der Waals surface area contributed by atoms with Gasteiger partial charge in [0.1, 0.15) is 17.3 Å². The number of aliphatic hydroxyl groups excluding tert-OH is 1. The summed E-state index contributed by atoms with van der Waals surface area (Å²) >= 11 is 0. The standard InChI is InChI=1S/C26H26FN3O4/c1-17(2)34-21-10-6-19(7-11-21)24(31)22-23(18-4-8-20(27)9-5-18)30(26(33)25(22)32)14-3-13-29-15-12-28-16-29/h4-12,15-17,23,31H,3,13-14H2,1-2H3/t23-/m0/s1. The molecule has 4 rings (SSSR count). The highest BCUT2D eigenvalue weighted by atomic mass is 19.1. The highest BCUT2D eigenvalue weighted by Gasteiger charge is 2.45. The number of aryl methyl sites for hydroxylation is 1. The number of aromatic nitrogens is 2. The van der Waals surface area contributed by atoms with Crippen LogP contribution in [-0.4, -0.2) is 43.9 Å². The van der Waals surface area contributed by atoms with Gasteiger partial charge >= 0.3 is 0 Å². The van der Waals surface area contributed by atoms with E-state index in [9.17, 15) is 19.1 Å². The Bertz CT molecular complexity index is 1190. The fourth-order valence-electron chi connectivity index (χ4n) is 4.06. The zero-order valence-corrected chi connectivity index (χ0v) is 19.0. The molecular weight excluding hydrogens is 437 g/mol. The number of hydrogen-bond donors (Lipinski definition) is 1. The molecule has 0 saturated carbocycles. The van der Waals surface area contributed by atoms with Crippen LogP contribution < -0.4 is 4.74 Å². The van der Waals surface area contributed by atoms with Crippen molar-refractivity contribution in [1.82, 2.24) is 14.5 Å². The number of Topliss-reactive ketones (excluding diaryl/α,β-unsaturated/α-hetero) is 1. The van der Waals surface area contributed by atoms with Gasteiger partial charge in [0.2, 0.25) is 0 Å². The first-order chi connectivity index (χ1) is 16.3. The first-order valence-electron chi connectivity index (χ1n) is 11.1. The largest absolute Gasteiger partial charge is 0.507 e. The van der Waals surface area contributed by atoms with Gasteiger partial charge in [0.25, 0.3) is 11.7 Å². The first kappa shape index (κ1) is 23.2. The number of nitrogens with zero attached hydrogens (tertiary/aromatic N) is 3. The predicted molar refractivity (Wildman–Crippen MR) is 124 cm³/mol. The number of aliphatic hydroxyl groups is 1. The third-order valence-corrected chi connectivity index (χ3v) is 5.60. The van der Waals surface area contributed by atoms with Crippen LogP contribution in [0.25, 0.3) is 5.76 Å². The van der Waals surface area contributed by atoms with Gasteiger partial charge in [-0.15, -0.1) is 0 Å². The maximum Gasteiger partial charge on any atom is 0.295 e. The smallest absolute Gasteiger partial charge is 0.295 e. The number of carbonyl (C=O) groups excluding carboxylic acids is 2. The molecule has 176 valence electrons. The molecule has 1 aliphatic heterocycles. The van der Waals surface area contributed by atoms with E-state index >= 15 is 0 Å². The Labute approximate surface area is 197 Å². The second-order valence-electron chi connectivity index (χ2n) is 8.39. The van der Waals surface area contributed by atoms with Gasteiger partial charge < -0.3 is 19.3 Å². The van der Waals surface area contributed by atoms with E-state index in [1.54, 1.807) is 36.8 Å². The molecule has 1 aromatic heterocycles. The zero-order chi connectivity index (χ0) is 24.2. The van der Waals surface area contributed by atoms with Crippen LogP contribution in [0.15, 0.2) is 72.8 Å². The van der Waals surface area contributed by atoms with Crippen LogP contribution in [0.2, 0.25) is 0 Å². The average Bonchev–Trinajstić information content (AvgIpc) is 3.42. The van der Waals surface area contributed by atoms with Crippen LogP contribution in [0, 0.1) is 5.82 Å². The summed E-state index contributed by atoms with van der Waals surface area (Å²) in [5.41, 5.74) is 0.918. The molecule has 2 aromatic carbocycles. The molecule has 1 N–H and O–H groups in total. The number of ether oxygens (including phenoxy) is 1. The lowest BCUT2D eigenvalue weighted by Gasteiger charge is -2.25. The number of hydrogen-bond acceptors (Lipinski definition) is 5. The van der Waals surface area contributed by atoms with Crippen LogP contribution in [0.4, 0.5) is 4.39 Å². The molecule has 0 unspecified atom stereocenters. The molecule has 8 heteroatoms. The molecule has 34 heavy (non-hydrogen) atoms. The number of likely N-dealkylation sites (tertiary alicyclic amines) is 1. The van der Waals surface area contributed by atoms with Gasteiger partial charge in [-0.25, -0.2) is 9.37 Å². The summed E-state index contributed by atoms with van der Waals surface area (Å²) in [6.45, 7) is 4.70. The summed E-state index contributed by atoms with van der Waals surface area (Å²) in [4.78, 5) is 31.5. The molecule has 7 nitrogen and oxygen atoms in total. The quantitative estimate of drug-likeness (QED) is 0.306. The maximum atomic E-state index is 13.6. The van der Waals surface area contributed by atoms with Crippen molar-refractivity contribution in [3.63, 3.8) is 0 Å². The van der Waals surface area contributed by atoms with Crippen molar-refractivity contribution in [2.75, 3.05) is 6.54 Å². The lowest BCUT2D eigenvalue weighted by molar-refractivity contribution is -0.139. The fourth-order valence-corrected chi connectivity index (χ4v) is 4.06. The SMILES string of the molecule is CC(C)Oc1ccc(C(O)=C2C(=O)C(=O)N(CCCn3ccnc3)[C@H]2c2ccc(F)cc2)cc1. The number of ketones is 1. The highest BCUT2D eigenvalue weighted by Crippen LogP contribution is 2.39. The van der Waals surface area contributed by atoms with E-state index in [2.05, 4.69) is 4.98 Å². The van der Waals surface area contributed by atoms with Crippen LogP contribution in [0.1, 0.15) is 37.4 Å². The van der Waals surface area contributed by atoms with E-state index in [4.69, 9.17) is 4.74 Å². The third kappa shape index (κ3) is 4.85. The lowest BCUT2D eigenvalue weighted by atomic mass is 9.95. The topological polar surface area (TPSA) is 84.7 Å². The minimum Gasteiger partial charge on any atom is -0.507 e. The summed E-state index contributed by atoms with van der Waals surface area (Å²) in [6.07, 6.45) is 5.73. The van der Waals surface area contributed by atoms with Gasteiger partial charge in [-0.05, 0) is 62.2 Å². The first-order valence-corrected chi connectivity index (χ1v) is 11.1. The summed E-state index contributed by atoms with van der Waals surface area (Å²) in [5.74, 6) is -1.54. The average molecular weight is 464 g/mol. The molecule has 1 fully saturated rings. The van der Waals surface area contributed by atoms with Crippen LogP contribution in [0.3, 0.4) is 0 Å². The molecule has 1 aliphatic rings. The van der Waals surface area contributed by atoms with Gasteiger partial charge in [0.15, 0.2) is 0 Å². The van der Waals surface area contributed by atoms with E-state index in [0.29, 0.717) is 29.8 Å². The van der Waals surface area contributed by atoms with Crippen molar-refractivity contribution in [2.45, 2.75) is 39.0 Å². The lowest BCUT2D eigenvalue weighted by Crippen LogP contribution is -2.31. The van der Waals surface area contributed by atoms with E-state index in [1.165, 1.54) is 29.2 Å². The molecule has 1 amide bonds. The number of halogens is 1. The Morgan fingerprint density at radius 1 is 1.09 bits per heavy atom. The van der Waals surface area contributed by atoms with E-state index < -0.39 is 23.5 Å². The summed E-state index contributed by atoms with van der Waals surface area (Å²) in [6, 6.07) is 11.5. The minimum absolute atomic E-state index is 0.00873. The monoisotopic (exact) mass is 463 g/mol. The fraction of sp³-hybridized carbons (Fsp3) is 0.269. The molecular formula is C26H26FN3O4. The molecule has 0 spiro atoms. The number of benzene rings is 2. The van der Waals surface area contributed by atoms with Crippen molar-refractivity contribution < 1.29 is 23.8 Å². The molecule has 1 saturated heterocycles. The van der Waals surface area contributed by atoms with Crippen molar-refractivity contribution in [3.05, 3.63) is 89.8 Å². The Kier molecular flexibility index (Phi) is 6.77. The van der Waals surface area contributed by atoms with Gasteiger partial charge in [-0.3, -0.25) is 9.59 Å². The minimum atomic E-state index is -0.824. The molecule has 3 aromatic rings. The summed E-state index contributed by atoms with van der Waals surface area (Å²) in [5, 5.41) is 11.1. The Morgan fingerprint density at radius 2 is 1.79 bits per heavy atom. The van der Waals surface area contributed by atoms with Gasteiger partial charge in [-0.2, -0.15) is 0 Å². The second kappa shape index (κ2) is 9.91. The van der Waals surface area contributed by atoms with Crippen LogP contribution in [-0.2, 0) is 16.1 Å². The van der Waals surface area contributed by atoms with Crippen molar-refractivity contribution in [2.24, 2.45) is 0 Å². The third-order valence-electron chi connectivity index (χ3n) is 5.60. The van der Waals surface area contributed by atoms with Crippen LogP contribution >= 0.6 is 0 Å². The molecule has 0 aliphatic carbocycles. The maximum absolute atomic E-state index is 13.6. The van der Waals surface area contributed by atoms with Crippen molar-refractivity contribution in [3.8, 4) is 5.75 Å². The normalized spacial score (nSPS) is 17.5. The number of amides is 1. The predicted octanol–water partition coefficient (Wildman–Crippen LogP) is 4.32. The van der Waals surface area contributed by atoms with Gasteiger partial charge in [0, 0.05) is 31.0 Å². The van der Waals surface area contributed by atoms with Crippen molar-refractivity contribution >= 4 is 17.4 Å². The molecule has 2 heterocycles. The molecule has 0 radical (unpaired) electrons. The van der Waals surface area contributed by atoms with Gasteiger partial charge in [-0.1, -0.05) is 12.1 Å².